The molecule has 7 heteroatoms. The Labute approximate surface area is 149 Å². The van der Waals surface area contributed by atoms with E-state index in [1.165, 1.54) is 11.3 Å². The molecule has 0 radical (unpaired) electrons. The highest BCUT2D eigenvalue weighted by atomic mass is 32.1. The molecule has 130 valence electrons. The lowest BCUT2D eigenvalue weighted by atomic mass is 10.2. The quantitative estimate of drug-likeness (QED) is 0.595. The summed E-state index contributed by atoms with van der Waals surface area (Å²) in [6.45, 7) is 2.84. The molecule has 6 nitrogen and oxygen atoms in total. The Kier molecular flexibility index (Phi) is 5.79. The second-order valence-corrected chi connectivity index (χ2v) is 6.37. The van der Waals surface area contributed by atoms with Gasteiger partial charge in [0.25, 0.3) is 11.8 Å². The van der Waals surface area contributed by atoms with Crippen molar-refractivity contribution in [2.75, 3.05) is 11.9 Å². The monoisotopic (exact) mass is 357 g/mol. The van der Waals surface area contributed by atoms with Crippen molar-refractivity contribution in [3.05, 3.63) is 47.3 Å². The second-order valence-electron chi connectivity index (χ2n) is 5.42. The van der Waals surface area contributed by atoms with Crippen molar-refractivity contribution in [2.24, 2.45) is 0 Å². The van der Waals surface area contributed by atoms with Crippen LogP contribution in [0.1, 0.15) is 36.5 Å². The average Bonchev–Trinajstić information content (AvgIpc) is 3.30. The number of aromatic nitrogens is 2. The normalized spacial score (nSPS) is 10.6. The van der Waals surface area contributed by atoms with Gasteiger partial charge in [-0.2, -0.15) is 0 Å². The molecule has 1 aromatic carbocycles. The number of ether oxygens (including phenoxy) is 1. The van der Waals surface area contributed by atoms with Crippen molar-refractivity contribution in [3.63, 3.8) is 0 Å². The summed E-state index contributed by atoms with van der Waals surface area (Å²) in [5.41, 5.74) is 0.497. The zero-order valence-corrected chi connectivity index (χ0v) is 14.7. The van der Waals surface area contributed by atoms with Crippen LogP contribution in [0.15, 0.2) is 46.2 Å². The lowest BCUT2D eigenvalue weighted by Crippen LogP contribution is -2.12. The van der Waals surface area contributed by atoms with E-state index in [9.17, 15) is 4.79 Å². The molecule has 1 N–H and O–H groups in total. The summed E-state index contributed by atoms with van der Waals surface area (Å²) in [6.07, 6.45) is 3.34. The fourth-order valence-electron chi connectivity index (χ4n) is 2.19. The maximum Gasteiger partial charge on any atom is 0.322 e. The third-order valence-corrected chi connectivity index (χ3v) is 4.37. The molecule has 3 rings (SSSR count). The SMILES string of the molecule is CCCCCOc1ccc(C(=O)Nc2nnc(-c3cccs3)o2)cc1. The molecule has 1 amide bonds. The van der Waals surface area contributed by atoms with Gasteiger partial charge in [-0.25, -0.2) is 0 Å². The van der Waals surface area contributed by atoms with E-state index in [2.05, 4.69) is 22.4 Å². The second kappa shape index (κ2) is 8.43. The fraction of sp³-hybridized carbons (Fsp3) is 0.278. The Bertz CT molecular complexity index is 797. The zero-order chi connectivity index (χ0) is 17.5. The lowest BCUT2D eigenvalue weighted by Gasteiger charge is -2.06. The maximum atomic E-state index is 12.2. The van der Waals surface area contributed by atoms with Gasteiger partial charge < -0.3 is 9.15 Å². The van der Waals surface area contributed by atoms with Crippen molar-refractivity contribution >= 4 is 23.3 Å². The van der Waals surface area contributed by atoms with Crippen molar-refractivity contribution in [2.45, 2.75) is 26.2 Å². The topological polar surface area (TPSA) is 77.2 Å². The molecular formula is C18H19N3O3S. The van der Waals surface area contributed by atoms with E-state index in [1.807, 2.05) is 17.5 Å². The molecule has 2 heterocycles. The Hall–Kier alpha value is -2.67. The van der Waals surface area contributed by atoms with Crippen LogP contribution in [0.2, 0.25) is 0 Å². The van der Waals surface area contributed by atoms with E-state index < -0.39 is 0 Å². The van der Waals surface area contributed by atoms with Gasteiger partial charge in [0.15, 0.2) is 0 Å². The zero-order valence-electron chi connectivity index (χ0n) is 13.9. The van der Waals surface area contributed by atoms with Gasteiger partial charge in [0, 0.05) is 5.56 Å². The number of thiophene rings is 1. The van der Waals surface area contributed by atoms with Crippen LogP contribution in [0.5, 0.6) is 5.75 Å². The summed E-state index contributed by atoms with van der Waals surface area (Å²) in [4.78, 5) is 13.1. The third kappa shape index (κ3) is 4.67. The minimum Gasteiger partial charge on any atom is -0.494 e. The van der Waals surface area contributed by atoms with Crippen LogP contribution in [0, 0.1) is 0 Å². The minimum atomic E-state index is -0.307. The molecule has 0 aliphatic rings. The number of anilines is 1. The van der Waals surface area contributed by atoms with E-state index >= 15 is 0 Å². The summed E-state index contributed by atoms with van der Waals surface area (Å²) in [5, 5.41) is 12.3. The van der Waals surface area contributed by atoms with Crippen LogP contribution >= 0.6 is 11.3 Å². The molecule has 25 heavy (non-hydrogen) atoms. The highest BCUT2D eigenvalue weighted by Gasteiger charge is 2.13. The van der Waals surface area contributed by atoms with Gasteiger partial charge in [-0.1, -0.05) is 30.9 Å². The predicted octanol–water partition coefficient (Wildman–Crippen LogP) is 4.62. The van der Waals surface area contributed by atoms with Gasteiger partial charge in [-0.15, -0.1) is 16.4 Å². The number of rotatable bonds is 8. The first-order valence-electron chi connectivity index (χ1n) is 8.18. The minimum absolute atomic E-state index is 0.0771. The molecule has 0 saturated carbocycles. The summed E-state index contributed by atoms with van der Waals surface area (Å²) in [6, 6.07) is 10.8. The standard InChI is InChI=1S/C18H19N3O3S/c1-2-3-4-11-23-14-9-7-13(8-10-14)16(22)19-18-21-20-17(24-18)15-6-5-12-25-15/h5-10,12H,2-4,11H2,1H3,(H,19,21,22). The summed E-state index contributed by atoms with van der Waals surface area (Å²) < 4.78 is 11.1. The number of amides is 1. The van der Waals surface area contributed by atoms with Gasteiger partial charge in [0.2, 0.25) is 0 Å². The van der Waals surface area contributed by atoms with Crippen molar-refractivity contribution < 1.29 is 13.9 Å². The van der Waals surface area contributed by atoms with Crippen LogP contribution in [-0.4, -0.2) is 22.7 Å². The van der Waals surface area contributed by atoms with Gasteiger partial charge in [-0.3, -0.25) is 10.1 Å². The highest BCUT2D eigenvalue weighted by molar-refractivity contribution is 7.13. The molecule has 0 unspecified atom stereocenters. The first kappa shape index (κ1) is 17.2. The van der Waals surface area contributed by atoms with Crippen LogP contribution in [0.4, 0.5) is 6.01 Å². The molecule has 0 atom stereocenters. The number of unbranched alkanes of at least 4 members (excludes halogenated alkanes) is 2. The van der Waals surface area contributed by atoms with Crippen LogP contribution in [-0.2, 0) is 0 Å². The predicted molar refractivity (Wildman–Crippen MR) is 97.0 cm³/mol. The lowest BCUT2D eigenvalue weighted by molar-refractivity contribution is 0.102. The highest BCUT2D eigenvalue weighted by Crippen LogP contribution is 2.24. The summed E-state index contributed by atoms with van der Waals surface area (Å²) in [7, 11) is 0. The third-order valence-electron chi connectivity index (χ3n) is 3.51. The average molecular weight is 357 g/mol. The first-order valence-corrected chi connectivity index (χ1v) is 9.06. The number of benzene rings is 1. The molecule has 3 aromatic rings. The molecule has 0 aliphatic carbocycles. The molecule has 0 aliphatic heterocycles. The number of hydrogen-bond acceptors (Lipinski definition) is 6. The Morgan fingerprint density at radius 2 is 2.04 bits per heavy atom. The van der Waals surface area contributed by atoms with Gasteiger partial charge in [0.05, 0.1) is 11.5 Å². The number of nitrogens with one attached hydrogen (secondary N) is 1. The fourth-order valence-corrected chi connectivity index (χ4v) is 2.83. The number of hydrogen-bond donors (Lipinski definition) is 1. The van der Waals surface area contributed by atoms with Crippen LogP contribution in [0.25, 0.3) is 10.8 Å². The van der Waals surface area contributed by atoms with Gasteiger partial charge in [-0.05, 0) is 42.1 Å². The van der Waals surface area contributed by atoms with E-state index in [0.717, 1.165) is 29.9 Å². The molecule has 0 saturated heterocycles. The van der Waals surface area contributed by atoms with E-state index in [4.69, 9.17) is 9.15 Å². The first-order chi connectivity index (χ1) is 12.3. The molecule has 2 aromatic heterocycles. The van der Waals surface area contributed by atoms with Crippen LogP contribution < -0.4 is 10.1 Å². The maximum absolute atomic E-state index is 12.2. The largest absolute Gasteiger partial charge is 0.494 e. The molecule has 0 bridgehead atoms. The van der Waals surface area contributed by atoms with Crippen molar-refractivity contribution in [1.29, 1.82) is 0 Å². The number of nitrogens with zero attached hydrogens (tertiary/aromatic N) is 2. The van der Waals surface area contributed by atoms with E-state index in [0.29, 0.717) is 18.1 Å². The Morgan fingerprint density at radius 1 is 1.20 bits per heavy atom. The smallest absolute Gasteiger partial charge is 0.322 e. The van der Waals surface area contributed by atoms with Gasteiger partial charge in [0.1, 0.15) is 5.75 Å². The van der Waals surface area contributed by atoms with Crippen molar-refractivity contribution in [1.82, 2.24) is 10.2 Å². The number of carbonyl (C=O) groups is 1. The molecule has 0 spiro atoms. The summed E-state index contributed by atoms with van der Waals surface area (Å²) >= 11 is 1.49. The Balaban J connectivity index is 1.56. The van der Waals surface area contributed by atoms with E-state index in [-0.39, 0.29) is 11.9 Å². The number of carbonyl (C=O) groups excluding carboxylic acids is 1. The van der Waals surface area contributed by atoms with Crippen LogP contribution in [0.3, 0.4) is 0 Å². The van der Waals surface area contributed by atoms with Crippen molar-refractivity contribution in [3.8, 4) is 16.5 Å². The molecule has 0 fully saturated rings. The van der Waals surface area contributed by atoms with E-state index in [1.54, 1.807) is 24.3 Å². The summed E-state index contributed by atoms with van der Waals surface area (Å²) in [5.74, 6) is 0.838. The van der Waals surface area contributed by atoms with Gasteiger partial charge >= 0.3 is 6.01 Å². The molecular weight excluding hydrogens is 338 g/mol. The Morgan fingerprint density at radius 3 is 2.76 bits per heavy atom.